The fraction of sp³-hybridized carbons (Fsp3) is 0.636. The Morgan fingerprint density at radius 3 is 0.867 bits per heavy atom. The Balaban J connectivity index is 5.93. The van der Waals surface area contributed by atoms with Crippen LogP contribution in [0, 0.1) is 54.8 Å². The van der Waals surface area contributed by atoms with Crippen molar-refractivity contribution in [2.24, 2.45) is 5.41 Å². The van der Waals surface area contributed by atoms with Crippen LogP contribution in [0.1, 0.15) is 53.4 Å². The van der Waals surface area contributed by atoms with Gasteiger partial charge in [-0.1, -0.05) is 51.4 Å². The molecule has 0 bridgehead atoms. The average Bonchev–Trinajstić information content (AvgIpc) is 2.99. The maximum Gasteiger partial charge on any atom is 0.306 e. The summed E-state index contributed by atoms with van der Waals surface area (Å²) in [7, 11) is 0. The zero-order valence-electron chi connectivity index (χ0n) is 26.5. The van der Waals surface area contributed by atoms with Gasteiger partial charge in [-0.15, -0.1) is 72.7 Å². The molecule has 0 heterocycles. The second-order valence-electron chi connectivity index (χ2n) is 10.3. The number of rotatable bonds is 24. The van der Waals surface area contributed by atoms with Gasteiger partial charge in [-0.05, 0) is 0 Å². The van der Waals surface area contributed by atoms with Crippen LogP contribution in [0.4, 0.5) is 0 Å². The number of hydrogen-bond donors (Lipinski definition) is 0. The Labute approximate surface area is 286 Å². The minimum atomic E-state index is -1.37. The van der Waals surface area contributed by atoms with E-state index in [2.05, 4.69) is 23.7 Å². The molecule has 0 amide bonds. The Morgan fingerprint density at radius 2 is 0.689 bits per heavy atom. The van der Waals surface area contributed by atoms with Crippen molar-refractivity contribution < 1.29 is 38.1 Å². The van der Waals surface area contributed by atoms with Crippen LogP contribution in [0.3, 0.4) is 0 Å². The first-order valence-electron chi connectivity index (χ1n) is 14.2. The van der Waals surface area contributed by atoms with E-state index in [1.165, 1.54) is 47.0 Å². The van der Waals surface area contributed by atoms with Gasteiger partial charge in [-0.25, -0.2) is 0 Å². The zero-order valence-corrected chi connectivity index (χ0v) is 29.8. The second kappa shape index (κ2) is 25.7. The Hall–Kier alpha value is -2.48. The van der Waals surface area contributed by atoms with Crippen molar-refractivity contribution in [1.29, 1.82) is 0 Å². The number of esters is 4. The van der Waals surface area contributed by atoms with Crippen LogP contribution in [0.25, 0.3) is 0 Å². The largest absolute Gasteiger partial charge is 0.465 e. The normalized spacial score (nSPS) is 14.4. The van der Waals surface area contributed by atoms with Gasteiger partial charge < -0.3 is 18.9 Å². The topological polar surface area (TPSA) is 105 Å². The van der Waals surface area contributed by atoms with Crippen molar-refractivity contribution in [2.45, 2.75) is 74.4 Å². The molecule has 0 fully saturated rings. The summed E-state index contributed by atoms with van der Waals surface area (Å²) in [5.74, 6) is 9.70. The lowest BCUT2D eigenvalue weighted by Gasteiger charge is -2.32. The molecule has 0 saturated heterocycles. The van der Waals surface area contributed by atoms with Crippen LogP contribution < -0.4 is 0 Å². The van der Waals surface area contributed by atoms with E-state index in [0.29, 0.717) is 23.0 Å². The third kappa shape index (κ3) is 22.6. The molecule has 4 unspecified atom stereocenters. The molecule has 0 saturated carbocycles. The minimum Gasteiger partial charge on any atom is -0.465 e. The molecule has 0 aliphatic carbocycles. The van der Waals surface area contributed by atoms with Gasteiger partial charge in [0, 0.05) is 21.0 Å². The van der Waals surface area contributed by atoms with Crippen molar-refractivity contribution in [1.82, 2.24) is 0 Å². The molecule has 4 atom stereocenters. The number of carbonyl (C=O) groups is 4. The average molecular weight is 697 g/mol. The highest BCUT2D eigenvalue weighted by atomic mass is 32.2. The van der Waals surface area contributed by atoms with E-state index >= 15 is 0 Å². The highest BCUT2D eigenvalue weighted by Crippen LogP contribution is 2.25. The van der Waals surface area contributed by atoms with E-state index in [0.717, 1.165) is 0 Å². The summed E-state index contributed by atoms with van der Waals surface area (Å²) in [6, 6.07) is 0. The maximum absolute atomic E-state index is 12.7. The van der Waals surface area contributed by atoms with E-state index in [9.17, 15) is 19.2 Å². The molecular formula is C33H44O8S4. The fourth-order valence-corrected chi connectivity index (χ4v) is 5.89. The van der Waals surface area contributed by atoms with Gasteiger partial charge in [-0.3, -0.25) is 19.2 Å². The molecule has 0 rings (SSSR count). The maximum atomic E-state index is 12.7. The molecule has 0 N–H and O–H groups in total. The van der Waals surface area contributed by atoms with E-state index in [1.54, 1.807) is 0 Å². The van der Waals surface area contributed by atoms with Crippen LogP contribution in [0.2, 0.25) is 0 Å². The monoisotopic (exact) mass is 696 g/mol. The van der Waals surface area contributed by atoms with Gasteiger partial charge in [0.25, 0.3) is 0 Å². The summed E-state index contributed by atoms with van der Waals surface area (Å²) in [6.45, 7) is 6.04. The van der Waals surface area contributed by atoms with E-state index < -0.39 is 29.3 Å². The van der Waals surface area contributed by atoms with Crippen molar-refractivity contribution in [3.8, 4) is 49.4 Å². The molecule has 0 aromatic heterocycles. The van der Waals surface area contributed by atoms with Crippen LogP contribution >= 0.6 is 47.0 Å². The highest BCUT2D eigenvalue weighted by Gasteiger charge is 2.38. The van der Waals surface area contributed by atoms with E-state index in [-0.39, 0.29) is 73.1 Å². The predicted molar refractivity (Wildman–Crippen MR) is 188 cm³/mol. The second-order valence-corrected chi connectivity index (χ2v) is 16.0. The smallest absolute Gasteiger partial charge is 0.306 e. The predicted octanol–water partition coefficient (Wildman–Crippen LogP) is 4.73. The number of ether oxygens (including phenoxy) is 4. The standard InChI is InChI=1S/C33H44O8S4/c1-9-13-42-25(5)17-29(34)38-21-33(22-39-30(35)18-26(6)43-14-10-2,23-40-31(36)19-27(7)44-15-11-3)24-41-32(37)20-28(8)45-16-12-4/h1-4,25-28H,13-24H2,5-8H3. The molecule has 0 radical (unpaired) electrons. The van der Waals surface area contributed by atoms with Crippen molar-refractivity contribution in [3.63, 3.8) is 0 Å². The first-order valence-corrected chi connectivity index (χ1v) is 18.4. The van der Waals surface area contributed by atoms with Gasteiger partial charge in [0.2, 0.25) is 0 Å². The lowest BCUT2D eigenvalue weighted by molar-refractivity contribution is -0.170. The van der Waals surface area contributed by atoms with Gasteiger partial charge in [-0.2, -0.15) is 0 Å². The van der Waals surface area contributed by atoms with Crippen molar-refractivity contribution in [3.05, 3.63) is 0 Å². The Bertz CT molecular complexity index is 924. The van der Waals surface area contributed by atoms with Gasteiger partial charge in [0.05, 0.1) is 48.7 Å². The highest BCUT2D eigenvalue weighted by molar-refractivity contribution is 8.00. The molecular weight excluding hydrogens is 653 g/mol. The first kappa shape index (κ1) is 42.5. The number of hydrogen-bond acceptors (Lipinski definition) is 12. The summed E-state index contributed by atoms with van der Waals surface area (Å²) < 4.78 is 22.4. The lowest BCUT2D eigenvalue weighted by atomic mass is 9.92. The van der Waals surface area contributed by atoms with Crippen LogP contribution in [-0.4, -0.2) is 94.3 Å². The SMILES string of the molecule is C#CCSC(C)CC(=O)OCC(COC(=O)CC(C)SCC#C)(COC(=O)CC(C)SCC#C)COC(=O)CC(C)SCC#C. The Morgan fingerprint density at radius 1 is 0.489 bits per heavy atom. The summed E-state index contributed by atoms with van der Waals surface area (Å²) >= 11 is 5.71. The van der Waals surface area contributed by atoms with Crippen LogP contribution in [-0.2, 0) is 38.1 Å². The molecule has 0 aromatic carbocycles. The van der Waals surface area contributed by atoms with E-state index in [1.807, 2.05) is 27.7 Å². The quantitative estimate of drug-likeness (QED) is 0.0792. The summed E-state index contributed by atoms with van der Waals surface area (Å²) in [4.78, 5) is 51.0. The van der Waals surface area contributed by atoms with Crippen molar-refractivity contribution >= 4 is 70.9 Å². The molecule has 0 spiro atoms. The summed E-state index contributed by atoms with van der Waals surface area (Å²) in [5, 5.41) is -0.435. The molecule has 248 valence electrons. The first-order chi connectivity index (χ1) is 21.4. The summed E-state index contributed by atoms with van der Waals surface area (Å²) in [5.41, 5.74) is -1.37. The number of carbonyl (C=O) groups excluding carboxylic acids is 4. The zero-order chi connectivity index (χ0) is 34.1. The van der Waals surface area contributed by atoms with Crippen LogP contribution in [0.15, 0.2) is 0 Å². The van der Waals surface area contributed by atoms with Gasteiger partial charge in [0.1, 0.15) is 31.8 Å². The summed E-state index contributed by atoms with van der Waals surface area (Å²) in [6.07, 6.45) is 21.5. The molecule has 0 aliphatic heterocycles. The minimum absolute atomic E-state index is 0.0690. The molecule has 45 heavy (non-hydrogen) atoms. The van der Waals surface area contributed by atoms with Gasteiger partial charge >= 0.3 is 23.9 Å². The van der Waals surface area contributed by atoms with Crippen LogP contribution in [0.5, 0.6) is 0 Å². The molecule has 0 aromatic rings. The lowest BCUT2D eigenvalue weighted by Crippen LogP contribution is -2.44. The van der Waals surface area contributed by atoms with Crippen molar-refractivity contribution in [2.75, 3.05) is 49.4 Å². The molecule has 0 aliphatic rings. The third-order valence-electron chi connectivity index (χ3n) is 5.78. The molecule has 8 nitrogen and oxygen atoms in total. The van der Waals surface area contributed by atoms with E-state index in [4.69, 9.17) is 44.6 Å². The molecule has 12 heteroatoms. The fourth-order valence-electron chi connectivity index (χ4n) is 3.36. The third-order valence-corrected chi connectivity index (χ3v) is 10.1. The number of thioether (sulfide) groups is 4. The Kier molecular flexibility index (Phi) is 24.3. The number of terminal acetylenes is 4. The van der Waals surface area contributed by atoms with Gasteiger partial charge in [0.15, 0.2) is 0 Å².